The van der Waals surface area contributed by atoms with Crippen LogP contribution < -0.4 is 0 Å². The van der Waals surface area contributed by atoms with Crippen molar-refractivity contribution < 1.29 is 80.2 Å². The lowest BCUT2D eigenvalue weighted by atomic mass is 10.0. The van der Waals surface area contributed by atoms with Crippen LogP contribution in [0.1, 0.15) is 375 Å². The number of aliphatic hydroxyl groups excluding tert-OH is 1. The second-order valence-corrected chi connectivity index (χ2v) is 30.2. The Bertz CT molecular complexity index is 1790. The molecule has 3 N–H and O–H groups in total. The molecule has 0 aliphatic rings. The second kappa shape index (κ2) is 65.0. The lowest BCUT2D eigenvalue weighted by Gasteiger charge is -2.21. The molecule has 5 atom stereocenters. The van der Waals surface area contributed by atoms with E-state index in [4.69, 9.17) is 37.0 Å². The van der Waals surface area contributed by atoms with Gasteiger partial charge in [0.2, 0.25) is 0 Å². The van der Waals surface area contributed by atoms with E-state index in [-0.39, 0.29) is 25.7 Å². The molecule has 546 valence electrons. The molecule has 0 aromatic heterocycles. The Kier molecular flexibility index (Phi) is 63.7. The number of carbonyl (C=O) groups is 4. The third kappa shape index (κ3) is 66.7. The topological polar surface area (TPSA) is 237 Å². The van der Waals surface area contributed by atoms with Crippen LogP contribution in [0.5, 0.6) is 0 Å². The van der Waals surface area contributed by atoms with E-state index in [2.05, 4.69) is 41.5 Å². The zero-order chi connectivity index (χ0) is 67.9. The van der Waals surface area contributed by atoms with E-state index in [0.717, 1.165) is 102 Å². The minimum atomic E-state index is -4.95. The first kappa shape index (κ1) is 90.1. The van der Waals surface area contributed by atoms with Crippen LogP contribution in [0, 0.1) is 11.8 Å². The Morgan fingerprint density at radius 2 is 0.500 bits per heavy atom. The molecular weight excluding hydrogens is 1210 g/mol. The van der Waals surface area contributed by atoms with Crippen molar-refractivity contribution in [3.05, 3.63) is 0 Å². The van der Waals surface area contributed by atoms with Crippen molar-refractivity contribution in [1.82, 2.24) is 0 Å². The number of ether oxygens (including phenoxy) is 4. The van der Waals surface area contributed by atoms with E-state index in [1.165, 1.54) is 193 Å². The van der Waals surface area contributed by atoms with Gasteiger partial charge in [-0.2, -0.15) is 0 Å². The molecule has 0 rings (SSSR count). The minimum Gasteiger partial charge on any atom is -0.462 e. The zero-order valence-electron chi connectivity index (χ0n) is 59.9. The Morgan fingerprint density at radius 3 is 0.739 bits per heavy atom. The van der Waals surface area contributed by atoms with Crippen molar-refractivity contribution in [1.29, 1.82) is 0 Å². The lowest BCUT2D eigenvalue weighted by molar-refractivity contribution is -0.161. The van der Waals surface area contributed by atoms with Crippen molar-refractivity contribution in [2.45, 2.75) is 394 Å². The summed E-state index contributed by atoms with van der Waals surface area (Å²) in [7, 11) is -9.91. The molecule has 19 heteroatoms. The molecule has 0 radical (unpaired) electrons. The van der Waals surface area contributed by atoms with Crippen molar-refractivity contribution in [2.75, 3.05) is 39.6 Å². The summed E-state index contributed by atoms with van der Waals surface area (Å²) >= 11 is 0. The standard InChI is InChI=1S/C73H142O17P2/c1-7-9-11-13-15-17-19-21-22-26-32-38-44-50-56-71(76)84-61-68(89-72(77)57-51-45-39-33-27-23-24-29-35-41-47-53-65(3)4)63-87-91(79,80)85-59-67(74)60-86-92(81,82)88-64-69(90-73(78)58-52-46-40-34-28-30-36-42-48-54-66(5)6)62-83-70(75)55-49-43-37-31-25-20-18-16-14-12-10-8-2/h65-69,74H,7-64H2,1-6H3,(H,79,80)(H,81,82)/t67-,68-,69-/m1/s1. The van der Waals surface area contributed by atoms with E-state index in [0.29, 0.717) is 25.7 Å². The van der Waals surface area contributed by atoms with Crippen molar-refractivity contribution in [3.63, 3.8) is 0 Å². The van der Waals surface area contributed by atoms with Gasteiger partial charge >= 0.3 is 39.5 Å². The van der Waals surface area contributed by atoms with Gasteiger partial charge in [-0.15, -0.1) is 0 Å². The molecule has 0 aliphatic carbocycles. The van der Waals surface area contributed by atoms with Crippen LogP contribution in [-0.2, 0) is 65.4 Å². The summed E-state index contributed by atoms with van der Waals surface area (Å²) < 4.78 is 68.4. The molecule has 0 amide bonds. The third-order valence-electron chi connectivity index (χ3n) is 17.0. The first-order valence-corrected chi connectivity index (χ1v) is 41.0. The van der Waals surface area contributed by atoms with Crippen LogP contribution in [0.3, 0.4) is 0 Å². The van der Waals surface area contributed by atoms with E-state index in [9.17, 15) is 43.2 Å². The fraction of sp³-hybridized carbons (Fsp3) is 0.945. The fourth-order valence-corrected chi connectivity index (χ4v) is 12.7. The quantitative estimate of drug-likeness (QED) is 0.0222. The van der Waals surface area contributed by atoms with Gasteiger partial charge in [0.15, 0.2) is 12.2 Å². The van der Waals surface area contributed by atoms with Crippen LogP contribution in [0.25, 0.3) is 0 Å². The molecule has 2 unspecified atom stereocenters. The Morgan fingerprint density at radius 1 is 0.293 bits per heavy atom. The van der Waals surface area contributed by atoms with Crippen LogP contribution in [0.4, 0.5) is 0 Å². The SMILES string of the molecule is CCCCCCCCCCCCCCCCC(=O)OC[C@H](COP(=O)(O)OC[C@@H](O)COP(=O)(O)OC[C@@H](COC(=O)CCCCCCCCCCCCCC)OC(=O)CCCCCCCCCCCC(C)C)OC(=O)CCCCCCCCCCCCCC(C)C. The van der Waals surface area contributed by atoms with Gasteiger partial charge in [0, 0.05) is 25.7 Å². The van der Waals surface area contributed by atoms with E-state index < -0.39 is 97.5 Å². The molecule has 0 bridgehead atoms. The molecule has 0 aromatic carbocycles. The molecule has 0 aliphatic heterocycles. The van der Waals surface area contributed by atoms with Gasteiger partial charge in [-0.3, -0.25) is 37.3 Å². The minimum absolute atomic E-state index is 0.106. The zero-order valence-corrected chi connectivity index (χ0v) is 61.6. The van der Waals surface area contributed by atoms with Gasteiger partial charge in [-0.25, -0.2) is 9.13 Å². The highest BCUT2D eigenvalue weighted by Crippen LogP contribution is 2.45. The predicted octanol–water partition coefficient (Wildman–Crippen LogP) is 21.2. The maximum absolute atomic E-state index is 13.1. The Hall–Kier alpha value is -1.94. The number of unbranched alkanes of at least 4 members (excludes halogenated alkanes) is 42. The first-order valence-electron chi connectivity index (χ1n) is 38.0. The highest BCUT2D eigenvalue weighted by Gasteiger charge is 2.30. The smallest absolute Gasteiger partial charge is 0.462 e. The van der Waals surface area contributed by atoms with E-state index in [1.807, 2.05) is 0 Å². The summed E-state index contributed by atoms with van der Waals surface area (Å²) in [4.78, 5) is 72.7. The third-order valence-corrected chi connectivity index (χ3v) is 18.9. The molecule has 0 spiro atoms. The average molecular weight is 1350 g/mol. The van der Waals surface area contributed by atoms with E-state index >= 15 is 0 Å². The Labute approximate surface area is 562 Å². The maximum atomic E-state index is 13.1. The number of aliphatic hydroxyl groups is 1. The molecule has 17 nitrogen and oxygen atoms in total. The number of phosphoric ester groups is 2. The number of hydrogen-bond acceptors (Lipinski definition) is 15. The molecular formula is C73H142O17P2. The van der Waals surface area contributed by atoms with Crippen molar-refractivity contribution in [2.24, 2.45) is 11.8 Å². The second-order valence-electron chi connectivity index (χ2n) is 27.3. The summed E-state index contributed by atoms with van der Waals surface area (Å²) in [5, 5.41) is 10.6. The number of phosphoric acid groups is 2. The van der Waals surface area contributed by atoms with Gasteiger partial charge in [0.25, 0.3) is 0 Å². The fourth-order valence-electron chi connectivity index (χ4n) is 11.1. The number of rotatable bonds is 72. The summed E-state index contributed by atoms with van der Waals surface area (Å²) in [5.41, 5.74) is 0. The van der Waals surface area contributed by atoms with Gasteiger partial charge < -0.3 is 33.8 Å². The molecule has 0 saturated carbocycles. The lowest BCUT2D eigenvalue weighted by Crippen LogP contribution is -2.30. The van der Waals surface area contributed by atoms with Crippen LogP contribution in [-0.4, -0.2) is 96.7 Å². The Balaban J connectivity index is 5.26. The van der Waals surface area contributed by atoms with E-state index in [1.54, 1.807) is 0 Å². The summed E-state index contributed by atoms with van der Waals surface area (Å²) in [6, 6.07) is 0. The van der Waals surface area contributed by atoms with Crippen molar-refractivity contribution in [3.8, 4) is 0 Å². The van der Waals surface area contributed by atoms with Gasteiger partial charge in [0.05, 0.1) is 26.4 Å². The largest absolute Gasteiger partial charge is 0.472 e. The maximum Gasteiger partial charge on any atom is 0.472 e. The number of carbonyl (C=O) groups excluding carboxylic acids is 4. The first-order chi connectivity index (χ1) is 44.4. The number of hydrogen-bond donors (Lipinski definition) is 3. The molecule has 0 fully saturated rings. The monoisotopic (exact) mass is 1350 g/mol. The highest BCUT2D eigenvalue weighted by atomic mass is 31.2. The number of esters is 4. The highest BCUT2D eigenvalue weighted by molar-refractivity contribution is 7.47. The summed E-state index contributed by atoms with van der Waals surface area (Å²) in [6.45, 7) is 9.56. The van der Waals surface area contributed by atoms with Crippen LogP contribution in [0.15, 0.2) is 0 Å². The molecule has 0 heterocycles. The molecule has 0 saturated heterocycles. The van der Waals surface area contributed by atoms with Gasteiger partial charge in [-0.05, 0) is 37.5 Å². The average Bonchev–Trinajstić information content (AvgIpc) is 1.38. The van der Waals surface area contributed by atoms with Gasteiger partial charge in [-0.1, -0.05) is 324 Å². The van der Waals surface area contributed by atoms with Gasteiger partial charge in [0.1, 0.15) is 19.3 Å². The molecule has 0 aromatic rings. The van der Waals surface area contributed by atoms with Crippen LogP contribution in [0.2, 0.25) is 0 Å². The van der Waals surface area contributed by atoms with Crippen LogP contribution >= 0.6 is 15.6 Å². The van der Waals surface area contributed by atoms with Crippen molar-refractivity contribution >= 4 is 39.5 Å². The predicted molar refractivity (Wildman–Crippen MR) is 372 cm³/mol. The normalized spacial score (nSPS) is 14.1. The molecule has 92 heavy (non-hydrogen) atoms. The summed E-state index contributed by atoms with van der Waals surface area (Å²) in [6.07, 6.45) is 51.2. The summed E-state index contributed by atoms with van der Waals surface area (Å²) in [5.74, 6) is -0.616.